The molecule has 0 bridgehead atoms. The molecule has 1 aliphatic carbocycles. The summed E-state index contributed by atoms with van der Waals surface area (Å²) in [4.78, 5) is 2.68. The van der Waals surface area contributed by atoms with Crippen LogP contribution in [-0.4, -0.2) is 24.0 Å². The monoisotopic (exact) mass is 294 g/mol. The highest BCUT2D eigenvalue weighted by atomic mass is 79.9. The minimum Gasteiger partial charge on any atom is -0.330 e. The number of benzene rings is 1. The molecular formula is C14H19BrN2. The van der Waals surface area contributed by atoms with Crippen LogP contribution in [0.25, 0.3) is 0 Å². The first-order valence-electron chi connectivity index (χ1n) is 6.51. The summed E-state index contributed by atoms with van der Waals surface area (Å²) in [5.74, 6) is 0.630. The Labute approximate surface area is 111 Å². The van der Waals surface area contributed by atoms with Crippen LogP contribution < -0.4 is 5.73 Å². The molecular weight excluding hydrogens is 276 g/mol. The Balaban J connectivity index is 1.90. The number of nitrogens with zero attached hydrogens (tertiary/aromatic N) is 1. The van der Waals surface area contributed by atoms with Crippen LogP contribution in [0.5, 0.6) is 0 Å². The van der Waals surface area contributed by atoms with Crippen LogP contribution in [0.3, 0.4) is 0 Å². The third-order valence-corrected chi connectivity index (χ3v) is 4.56. The summed E-state index contributed by atoms with van der Waals surface area (Å²) < 4.78 is 1.17. The molecule has 2 nitrogen and oxygen atoms in total. The van der Waals surface area contributed by atoms with Crippen LogP contribution in [0.2, 0.25) is 0 Å². The molecule has 1 aliphatic heterocycles. The zero-order chi connectivity index (χ0) is 11.8. The molecule has 3 heteroatoms. The Morgan fingerprint density at radius 3 is 2.76 bits per heavy atom. The molecule has 1 heterocycles. The van der Waals surface area contributed by atoms with Gasteiger partial charge in [-0.05, 0) is 56.0 Å². The van der Waals surface area contributed by atoms with Crippen molar-refractivity contribution in [2.24, 2.45) is 11.7 Å². The largest absolute Gasteiger partial charge is 0.330 e. The Morgan fingerprint density at radius 2 is 2.12 bits per heavy atom. The minimum absolute atomic E-state index is 0.546. The average molecular weight is 295 g/mol. The molecule has 1 saturated carbocycles. The molecule has 2 aliphatic rings. The highest BCUT2D eigenvalue weighted by Gasteiger charge is 2.41. The number of nitrogens with two attached hydrogens (primary N) is 1. The first-order chi connectivity index (χ1) is 8.29. The van der Waals surface area contributed by atoms with Crippen molar-refractivity contribution in [3.05, 3.63) is 34.3 Å². The summed E-state index contributed by atoms with van der Waals surface area (Å²) in [5, 5.41) is 0. The van der Waals surface area contributed by atoms with E-state index < -0.39 is 0 Å². The molecule has 1 aromatic rings. The molecule has 2 fully saturated rings. The zero-order valence-electron chi connectivity index (χ0n) is 9.98. The van der Waals surface area contributed by atoms with Gasteiger partial charge in [0.05, 0.1) is 0 Å². The van der Waals surface area contributed by atoms with Gasteiger partial charge in [0.2, 0.25) is 0 Å². The Morgan fingerprint density at radius 1 is 1.29 bits per heavy atom. The van der Waals surface area contributed by atoms with Gasteiger partial charge in [-0.1, -0.05) is 28.1 Å². The first-order valence-corrected chi connectivity index (χ1v) is 7.30. The van der Waals surface area contributed by atoms with Crippen LogP contribution in [-0.2, 0) is 0 Å². The molecule has 0 amide bonds. The molecule has 0 spiro atoms. The van der Waals surface area contributed by atoms with E-state index in [1.165, 1.54) is 35.8 Å². The Kier molecular flexibility index (Phi) is 3.24. The quantitative estimate of drug-likeness (QED) is 0.929. The fraction of sp³-hybridized carbons (Fsp3) is 0.571. The highest BCUT2D eigenvalue weighted by molar-refractivity contribution is 9.10. The fourth-order valence-electron chi connectivity index (χ4n) is 3.10. The molecule has 0 aromatic heterocycles. The lowest BCUT2D eigenvalue weighted by molar-refractivity contribution is 0.220. The van der Waals surface area contributed by atoms with Crippen molar-refractivity contribution < 1.29 is 0 Å². The first kappa shape index (κ1) is 11.7. The van der Waals surface area contributed by atoms with Crippen LogP contribution in [0.1, 0.15) is 30.9 Å². The minimum atomic E-state index is 0.546. The predicted octanol–water partition coefficient (Wildman–Crippen LogP) is 2.93. The average Bonchev–Trinajstić information content (AvgIpc) is 3.08. The number of halogens is 1. The second kappa shape index (κ2) is 4.71. The van der Waals surface area contributed by atoms with Crippen LogP contribution in [0.15, 0.2) is 28.7 Å². The highest BCUT2D eigenvalue weighted by Crippen LogP contribution is 2.44. The third kappa shape index (κ3) is 2.28. The lowest BCUT2D eigenvalue weighted by atomic mass is 9.94. The van der Waals surface area contributed by atoms with Crippen molar-refractivity contribution in [2.45, 2.75) is 31.3 Å². The maximum Gasteiger partial charge on any atom is 0.0392 e. The van der Waals surface area contributed by atoms with Crippen molar-refractivity contribution in [2.75, 3.05) is 13.1 Å². The molecule has 2 N–H and O–H groups in total. The second-order valence-corrected chi connectivity index (χ2v) is 6.17. The summed E-state index contributed by atoms with van der Waals surface area (Å²) in [5.41, 5.74) is 7.37. The van der Waals surface area contributed by atoms with Gasteiger partial charge in [-0.25, -0.2) is 0 Å². The maximum absolute atomic E-state index is 5.94. The lowest BCUT2D eigenvalue weighted by Gasteiger charge is -2.28. The Hall–Kier alpha value is -0.380. The summed E-state index contributed by atoms with van der Waals surface area (Å²) in [6, 6.07) is 10.1. The number of hydrogen-bond acceptors (Lipinski definition) is 2. The standard InChI is InChI=1S/C14H19BrN2/c15-12-3-1-2-10(8-12)14-11(9-16)6-7-17(14)13-4-5-13/h1-3,8,11,13-14H,4-7,9,16H2. The number of rotatable bonds is 3. The van der Waals surface area contributed by atoms with Crippen molar-refractivity contribution in [1.29, 1.82) is 0 Å². The SMILES string of the molecule is NCC1CCN(C2CC2)C1c1cccc(Br)c1. The third-order valence-electron chi connectivity index (χ3n) is 4.07. The lowest BCUT2D eigenvalue weighted by Crippen LogP contribution is -2.29. The Bertz CT molecular complexity index is 403. The van der Waals surface area contributed by atoms with Crippen molar-refractivity contribution >= 4 is 15.9 Å². The molecule has 1 aromatic carbocycles. The van der Waals surface area contributed by atoms with E-state index in [0.29, 0.717) is 12.0 Å². The van der Waals surface area contributed by atoms with E-state index in [1.54, 1.807) is 0 Å². The topological polar surface area (TPSA) is 29.3 Å². The summed E-state index contributed by atoms with van der Waals surface area (Å²) in [6.45, 7) is 2.03. The van der Waals surface area contributed by atoms with E-state index in [-0.39, 0.29) is 0 Å². The molecule has 3 rings (SSSR count). The van der Waals surface area contributed by atoms with Gasteiger partial charge < -0.3 is 5.73 Å². The van der Waals surface area contributed by atoms with Crippen LogP contribution in [0.4, 0.5) is 0 Å². The summed E-state index contributed by atoms with van der Waals surface area (Å²) in [7, 11) is 0. The van der Waals surface area contributed by atoms with E-state index in [1.807, 2.05) is 0 Å². The van der Waals surface area contributed by atoms with Crippen LogP contribution in [0, 0.1) is 5.92 Å². The van der Waals surface area contributed by atoms with Crippen molar-refractivity contribution in [1.82, 2.24) is 4.90 Å². The molecule has 2 unspecified atom stereocenters. The summed E-state index contributed by atoms with van der Waals surface area (Å²) >= 11 is 3.57. The van der Waals surface area contributed by atoms with Gasteiger partial charge in [-0.2, -0.15) is 0 Å². The molecule has 0 radical (unpaired) electrons. The number of likely N-dealkylation sites (tertiary alicyclic amines) is 1. The zero-order valence-corrected chi connectivity index (χ0v) is 11.6. The number of hydrogen-bond donors (Lipinski definition) is 1. The van der Waals surface area contributed by atoms with E-state index in [9.17, 15) is 0 Å². The maximum atomic E-state index is 5.94. The summed E-state index contributed by atoms with van der Waals surface area (Å²) in [6.07, 6.45) is 4.01. The van der Waals surface area contributed by atoms with E-state index >= 15 is 0 Å². The van der Waals surface area contributed by atoms with E-state index in [2.05, 4.69) is 45.1 Å². The van der Waals surface area contributed by atoms with Crippen LogP contribution >= 0.6 is 15.9 Å². The van der Waals surface area contributed by atoms with Gasteiger partial charge >= 0.3 is 0 Å². The normalized spacial score (nSPS) is 29.8. The van der Waals surface area contributed by atoms with Gasteiger partial charge in [-0.3, -0.25) is 4.90 Å². The fourth-order valence-corrected chi connectivity index (χ4v) is 3.52. The molecule has 17 heavy (non-hydrogen) atoms. The van der Waals surface area contributed by atoms with Crippen molar-refractivity contribution in [3.63, 3.8) is 0 Å². The molecule has 2 atom stereocenters. The molecule has 92 valence electrons. The smallest absolute Gasteiger partial charge is 0.0392 e. The van der Waals surface area contributed by atoms with E-state index in [4.69, 9.17) is 5.73 Å². The van der Waals surface area contributed by atoms with Gasteiger partial charge in [0.25, 0.3) is 0 Å². The predicted molar refractivity (Wildman–Crippen MR) is 73.8 cm³/mol. The van der Waals surface area contributed by atoms with Gasteiger partial charge in [0.1, 0.15) is 0 Å². The van der Waals surface area contributed by atoms with E-state index in [0.717, 1.165) is 12.6 Å². The van der Waals surface area contributed by atoms with Gasteiger partial charge in [-0.15, -0.1) is 0 Å². The second-order valence-electron chi connectivity index (χ2n) is 5.25. The molecule has 1 saturated heterocycles. The van der Waals surface area contributed by atoms with Gasteiger partial charge in [0.15, 0.2) is 0 Å². The van der Waals surface area contributed by atoms with Gasteiger partial charge in [0, 0.05) is 16.6 Å². The van der Waals surface area contributed by atoms with Crippen molar-refractivity contribution in [3.8, 4) is 0 Å².